The topological polar surface area (TPSA) is 124 Å². The van der Waals surface area contributed by atoms with Crippen LogP contribution < -0.4 is 63.9 Å². The molecule has 0 spiro atoms. The molecule has 0 amide bonds. The SMILES string of the molecule is CCCCCCc1c(Oc2cccc(S(=O)(=O)[O-])c2CCCCCC)cccc1S(=O)(=O)[O-].[Na+].[Na+]. The van der Waals surface area contributed by atoms with E-state index in [9.17, 15) is 25.9 Å². The average Bonchev–Trinajstić information content (AvgIpc) is 2.74. The zero-order chi connectivity index (χ0) is 24.5. The Labute approximate surface area is 254 Å². The van der Waals surface area contributed by atoms with Crippen LogP contribution in [-0.4, -0.2) is 25.9 Å². The third kappa shape index (κ3) is 11.1. The van der Waals surface area contributed by atoms with Crippen LogP contribution in [0.1, 0.15) is 76.3 Å². The van der Waals surface area contributed by atoms with Crippen molar-refractivity contribution in [3.05, 3.63) is 47.5 Å². The van der Waals surface area contributed by atoms with E-state index in [1.807, 2.05) is 0 Å². The number of benzene rings is 2. The van der Waals surface area contributed by atoms with E-state index in [1.165, 1.54) is 24.3 Å². The Bertz CT molecular complexity index is 1050. The van der Waals surface area contributed by atoms with E-state index in [0.29, 0.717) is 25.7 Å². The van der Waals surface area contributed by atoms with Crippen molar-refractivity contribution in [3.8, 4) is 11.5 Å². The minimum absolute atomic E-state index is 0. The molecule has 0 saturated heterocycles. The fraction of sp³-hybridized carbons (Fsp3) is 0.500. The summed E-state index contributed by atoms with van der Waals surface area (Å²) in [5, 5.41) is 0. The summed E-state index contributed by atoms with van der Waals surface area (Å²) >= 11 is 0. The van der Waals surface area contributed by atoms with E-state index in [1.54, 1.807) is 12.1 Å². The van der Waals surface area contributed by atoms with Crippen molar-refractivity contribution in [1.82, 2.24) is 0 Å². The molecule has 2 aromatic carbocycles. The summed E-state index contributed by atoms with van der Waals surface area (Å²) in [7, 11) is -9.46. The van der Waals surface area contributed by atoms with Crippen LogP contribution in [0.2, 0.25) is 0 Å². The van der Waals surface area contributed by atoms with Crippen LogP contribution in [0.5, 0.6) is 11.5 Å². The van der Waals surface area contributed by atoms with Gasteiger partial charge in [-0.3, -0.25) is 0 Å². The van der Waals surface area contributed by atoms with Crippen molar-refractivity contribution < 1.29 is 89.8 Å². The van der Waals surface area contributed by atoms with Gasteiger partial charge in [-0.15, -0.1) is 0 Å². The zero-order valence-corrected chi connectivity index (χ0v) is 26.8. The summed E-state index contributed by atoms with van der Waals surface area (Å²) in [4.78, 5) is -0.679. The van der Waals surface area contributed by atoms with Crippen LogP contribution in [0.3, 0.4) is 0 Å². The Morgan fingerprint density at radius 3 is 1.31 bits per heavy atom. The molecule has 35 heavy (non-hydrogen) atoms. The number of hydrogen-bond acceptors (Lipinski definition) is 7. The molecule has 0 fully saturated rings. The van der Waals surface area contributed by atoms with Gasteiger partial charge in [0, 0.05) is 11.1 Å². The zero-order valence-electron chi connectivity index (χ0n) is 21.2. The van der Waals surface area contributed by atoms with E-state index < -0.39 is 20.2 Å². The first-order chi connectivity index (χ1) is 15.6. The largest absolute Gasteiger partial charge is 1.00 e. The Hall–Kier alpha value is 0.0600. The normalized spacial score (nSPS) is 11.4. The molecule has 0 bridgehead atoms. The van der Waals surface area contributed by atoms with Gasteiger partial charge in [-0.2, -0.15) is 0 Å². The molecule has 0 radical (unpaired) electrons. The molecule has 0 N–H and O–H groups in total. The number of rotatable bonds is 14. The minimum Gasteiger partial charge on any atom is -0.744 e. The van der Waals surface area contributed by atoms with Crippen LogP contribution in [0.4, 0.5) is 0 Å². The summed E-state index contributed by atoms with van der Waals surface area (Å²) in [6, 6.07) is 8.48. The second-order valence-corrected chi connectivity index (χ2v) is 10.8. The molecular formula is C24H32Na2O7S2. The molecule has 2 aromatic rings. The van der Waals surface area contributed by atoms with E-state index >= 15 is 0 Å². The summed E-state index contributed by atoms with van der Waals surface area (Å²) in [6.45, 7) is 4.12. The molecule has 7 nitrogen and oxygen atoms in total. The van der Waals surface area contributed by atoms with E-state index in [-0.39, 0.29) is 91.5 Å². The molecule has 11 heteroatoms. The number of ether oxygens (including phenoxy) is 1. The van der Waals surface area contributed by atoms with E-state index in [2.05, 4.69) is 13.8 Å². The first kappa shape index (κ1) is 35.1. The second kappa shape index (κ2) is 16.8. The van der Waals surface area contributed by atoms with Gasteiger partial charge >= 0.3 is 59.1 Å². The predicted molar refractivity (Wildman–Crippen MR) is 125 cm³/mol. The fourth-order valence-electron chi connectivity index (χ4n) is 3.82. The van der Waals surface area contributed by atoms with Crippen LogP contribution in [0, 0.1) is 0 Å². The average molecular weight is 543 g/mol. The van der Waals surface area contributed by atoms with Gasteiger partial charge < -0.3 is 13.8 Å². The smallest absolute Gasteiger partial charge is 0.744 e. The first-order valence-corrected chi connectivity index (χ1v) is 14.2. The molecule has 0 heterocycles. The van der Waals surface area contributed by atoms with Crippen molar-refractivity contribution in [2.75, 3.05) is 0 Å². The maximum absolute atomic E-state index is 11.9. The van der Waals surface area contributed by atoms with E-state index in [4.69, 9.17) is 4.74 Å². The van der Waals surface area contributed by atoms with Gasteiger partial charge in [0.15, 0.2) is 0 Å². The fourth-order valence-corrected chi connectivity index (χ4v) is 5.32. The van der Waals surface area contributed by atoms with Crippen LogP contribution in [-0.2, 0) is 33.1 Å². The third-order valence-electron chi connectivity index (χ3n) is 5.50. The molecule has 2 rings (SSSR count). The predicted octanol–water partition coefficient (Wildman–Crippen LogP) is -0.459. The molecule has 184 valence electrons. The summed E-state index contributed by atoms with van der Waals surface area (Å²) in [6.07, 6.45) is 7.72. The molecule has 0 atom stereocenters. The standard InChI is InChI=1S/C24H34O7S2.2Na/c1-3-5-7-9-13-19-21(15-11-17-23(19)32(25,26)27)31-22-16-12-18-24(33(28,29)30)20(22)14-10-8-6-4-2;;/h11-12,15-18H,3-10,13-14H2,1-2H3,(H,25,26,27)(H,28,29,30);;/q;2*+1/p-2. The molecular weight excluding hydrogens is 510 g/mol. The van der Waals surface area contributed by atoms with Gasteiger partial charge in [0.2, 0.25) is 0 Å². The molecule has 0 unspecified atom stereocenters. The monoisotopic (exact) mass is 542 g/mol. The van der Waals surface area contributed by atoms with Gasteiger partial charge in [0.1, 0.15) is 31.7 Å². The van der Waals surface area contributed by atoms with Gasteiger partial charge in [-0.05, 0) is 49.9 Å². The first-order valence-electron chi connectivity index (χ1n) is 11.4. The van der Waals surface area contributed by atoms with Gasteiger partial charge in [-0.1, -0.05) is 64.5 Å². The third-order valence-corrected chi connectivity index (χ3v) is 7.34. The second-order valence-electron chi connectivity index (χ2n) is 8.10. The summed E-state index contributed by atoms with van der Waals surface area (Å²) < 4.78 is 77.2. The van der Waals surface area contributed by atoms with Gasteiger partial charge in [0.05, 0.1) is 9.79 Å². The number of hydrogen-bond donors (Lipinski definition) is 0. The molecule has 0 aliphatic heterocycles. The Balaban J connectivity index is 0.00000578. The van der Waals surface area contributed by atoms with Gasteiger partial charge in [-0.25, -0.2) is 16.8 Å². The molecule has 0 saturated carbocycles. The summed E-state index contributed by atoms with van der Waals surface area (Å²) in [5.41, 5.74) is 0.548. The van der Waals surface area contributed by atoms with Crippen LogP contribution in [0.25, 0.3) is 0 Å². The minimum atomic E-state index is -4.73. The maximum Gasteiger partial charge on any atom is 1.00 e. The van der Waals surface area contributed by atoms with Crippen molar-refractivity contribution >= 4 is 20.2 Å². The molecule has 0 aliphatic rings. The van der Waals surface area contributed by atoms with E-state index in [0.717, 1.165) is 38.5 Å². The van der Waals surface area contributed by atoms with Crippen LogP contribution in [0.15, 0.2) is 46.2 Å². The number of unbranched alkanes of at least 4 members (excludes halogenated alkanes) is 6. The van der Waals surface area contributed by atoms with Crippen molar-refractivity contribution in [2.45, 2.75) is 87.8 Å². The Kier molecular flexibility index (Phi) is 16.8. The summed E-state index contributed by atoms with van der Waals surface area (Å²) in [5.74, 6) is 0.359. The quantitative estimate of drug-likeness (QED) is 0.180. The van der Waals surface area contributed by atoms with Crippen molar-refractivity contribution in [2.24, 2.45) is 0 Å². The van der Waals surface area contributed by atoms with Crippen molar-refractivity contribution in [3.63, 3.8) is 0 Å². The maximum atomic E-state index is 11.9. The molecule has 0 aliphatic carbocycles. The molecule has 0 aromatic heterocycles. The Morgan fingerprint density at radius 1 is 0.629 bits per heavy atom. The van der Waals surface area contributed by atoms with Crippen LogP contribution >= 0.6 is 0 Å². The van der Waals surface area contributed by atoms with Gasteiger partial charge in [0.25, 0.3) is 0 Å². The Morgan fingerprint density at radius 2 is 1.00 bits per heavy atom. The van der Waals surface area contributed by atoms with Crippen molar-refractivity contribution in [1.29, 1.82) is 0 Å².